The molecule has 0 atom stereocenters. The number of amides is 3. The average Bonchev–Trinajstić information content (AvgIpc) is 2.82. The number of carbonyl (C=O) groups is 3. The second kappa shape index (κ2) is 9.65. The summed E-state index contributed by atoms with van der Waals surface area (Å²) in [6, 6.07) is 20.6. The van der Waals surface area contributed by atoms with Gasteiger partial charge in [0.15, 0.2) is 0 Å². The highest BCUT2D eigenvalue weighted by Gasteiger charge is 2.32. The Morgan fingerprint density at radius 2 is 1.42 bits per heavy atom. The number of hydrogen-bond donors (Lipinski definition) is 1. The summed E-state index contributed by atoms with van der Waals surface area (Å²) in [4.78, 5) is 40.8. The van der Waals surface area contributed by atoms with Crippen LogP contribution in [-0.2, 0) is 22.7 Å². The fourth-order valence-corrected chi connectivity index (χ4v) is 3.76. The zero-order valence-corrected chi connectivity index (χ0v) is 18.3. The molecule has 1 saturated heterocycles. The van der Waals surface area contributed by atoms with Crippen LogP contribution in [0.3, 0.4) is 0 Å². The summed E-state index contributed by atoms with van der Waals surface area (Å²) in [7, 11) is 0. The monoisotopic (exact) mass is 445 g/mol. The zero-order valence-electron chi connectivity index (χ0n) is 18.3. The van der Waals surface area contributed by atoms with Gasteiger partial charge in [-0.3, -0.25) is 14.4 Å². The van der Waals surface area contributed by atoms with Crippen LogP contribution in [0.15, 0.2) is 72.8 Å². The Labute approximate surface area is 191 Å². The average molecular weight is 445 g/mol. The second-order valence-corrected chi connectivity index (χ2v) is 8.05. The standard InChI is InChI=1S/C26H24FN3O3/c1-18-15-22(27)11-12-23(18)28-24(31)21-9-7-20(8-10-21)17-30-14-13-29(25(32)26(30)33)16-19-5-3-2-4-6-19/h2-12,15H,13-14,16-17H2,1H3,(H,28,31). The van der Waals surface area contributed by atoms with E-state index in [9.17, 15) is 18.8 Å². The van der Waals surface area contributed by atoms with E-state index in [1.165, 1.54) is 23.1 Å². The fraction of sp³-hybridized carbons (Fsp3) is 0.192. The summed E-state index contributed by atoms with van der Waals surface area (Å²) >= 11 is 0. The molecule has 3 aromatic rings. The summed E-state index contributed by atoms with van der Waals surface area (Å²) in [5.74, 6) is -1.69. The quantitative estimate of drug-likeness (QED) is 0.588. The number of nitrogens with one attached hydrogen (secondary N) is 1. The van der Waals surface area contributed by atoms with Crippen molar-refractivity contribution < 1.29 is 18.8 Å². The van der Waals surface area contributed by atoms with Crippen molar-refractivity contribution >= 4 is 23.4 Å². The maximum Gasteiger partial charge on any atom is 0.312 e. The van der Waals surface area contributed by atoms with Crippen LogP contribution >= 0.6 is 0 Å². The summed E-state index contributed by atoms with van der Waals surface area (Å²) in [5, 5.41) is 2.77. The van der Waals surface area contributed by atoms with Crippen molar-refractivity contribution in [2.75, 3.05) is 18.4 Å². The number of anilines is 1. The van der Waals surface area contributed by atoms with Gasteiger partial charge in [-0.25, -0.2) is 4.39 Å². The maximum atomic E-state index is 13.3. The van der Waals surface area contributed by atoms with Gasteiger partial charge in [-0.1, -0.05) is 42.5 Å². The number of piperazine rings is 1. The third kappa shape index (κ3) is 5.26. The van der Waals surface area contributed by atoms with Crippen LogP contribution in [0.5, 0.6) is 0 Å². The van der Waals surface area contributed by atoms with E-state index in [0.29, 0.717) is 43.0 Å². The van der Waals surface area contributed by atoms with E-state index >= 15 is 0 Å². The van der Waals surface area contributed by atoms with E-state index in [1.807, 2.05) is 30.3 Å². The van der Waals surface area contributed by atoms with Gasteiger partial charge in [-0.05, 0) is 53.9 Å². The lowest BCUT2D eigenvalue weighted by atomic mass is 10.1. The molecule has 0 bridgehead atoms. The molecule has 1 aliphatic heterocycles. The van der Waals surface area contributed by atoms with Gasteiger partial charge in [0.2, 0.25) is 0 Å². The first kappa shape index (κ1) is 22.2. The number of halogens is 1. The smallest absolute Gasteiger partial charge is 0.312 e. The van der Waals surface area contributed by atoms with E-state index in [4.69, 9.17) is 0 Å². The minimum Gasteiger partial charge on any atom is -0.328 e. The molecule has 168 valence electrons. The molecule has 0 unspecified atom stereocenters. The van der Waals surface area contributed by atoms with E-state index < -0.39 is 11.8 Å². The minimum atomic E-state index is -0.522. The van der Waals surface area contributed by atoms with Crippen molar-refractivity contribution in [1.82, 2.24) is 9.80 Å². The number of carbonyl (C=O) groups excluding carboxylic acids is 3. The number of aryl methyl sites for hydroxylation is 1. The van der Waals surface area contributed by atoms with Crippen LogP contribution in [0.1, 0.15) is 27.0 Å². The van der Waals surface area contributed by atoms with Crippen LogP contribution in [0.2, 0.25) is 0 Å². The zero-order chi connectivity index (χ0) is 23.4. The summed E-state index contributed by atoms with van der Waals surface area (Å²) in [6.07, 6.45) is 0. The molecule has 3 amide bonds. The Morgan fingerprint density at radius 1 is 0.848 bits per heavy atom. The fourth-order valence-electron chi connectivity index (χ4n) is 3.76. The molecule has 3 aromatic carbocycles. The molecule has 1 fully saturated rings. The molecule has 0 aliphatic carbocycles. The van der Waals surface area contributed by atoms with Gasteiger partial charge in [-0.15, -0.1) is 0 Å². The molecular formula is C26H24FN3O3. The van der Waals surface area contributed by atoms with Crippen LogP contribution in [0.4, 0.5) is 10.1 Å². The molecule has 4 rings (SSSR count). The largest absolute Gasteiger partial charge is 0.328 e. The van der Waals surface area contributed by atoms with Crippen molar-refractivity contribution in [2.24, 2.45) is 0 Å². The van der Waals surface area contributed by atoms with Crippen LogP contribution in [0.25, 0.3) is 0 Å². The maximum absolute atomic E-state index is 13.3. The molecule has 6 nitrogen and oxygen atoms in total. The van der Waals surface area contributed by atoms with Crippen molar-refractivity contribution in [3.8, 4) is 0 Å². The van der Waals surface area contributed by atoms with Gasteiger partial charge in [0.1, 0.15) is 5.82 Å². The highest BCUT2D eigenvalue weighted by atomic mass is 19.1. The van der Waals surface area contributed by atoms with Gasteiger partial charge < -0.3 is 15.1 Å². The lowest BCUT2D eigenvalue weighted by molar-refractivity contribution is -0.156. The van der Waals surface area contributed by atoms with Gasteiger partial charge in [0, 0.05) is 37.4 Å². The van der Waals surface area contributed by atoms with Gasteiger partial charge >= 0.3 is 11.8 Å². The van der Waals surface area contributed by atoms with E-state index in [-0.39, 0.29) is 11.7 Å². The third-order valence-corrected chi connectivity index (χ3v) is 5.64. The molecule has 0 aromatic heterocycles. The first-order valence-corrected chi connectivity index (χ1v) is 10.7. The van der Waals surface area contributed by atoms with Crippen LogP contribution in [-0.4, -0.2) is 40.6 Å². The van der Waals surface area contributed by atoms with Crippen molar-refractivity contribution in [2.45, 2.75) is 20.0 Å². The lowest BCUT2D eigenvalue weighted by Crippen LogP contribution is -2.53. The Balaban J connectivity index is 1.35. The van der Waals surface area contributed by atoms with E-state index in [1.54, 1.807) is 36.1 Å². The van der Waals surface area contributed by atoms with Crippen molar-refractivity contribution in [1.29, 1.82) is 0 Å². The van der Waals surface area contributed by atoms with Gasteiger partial charge in [0.05, 0.1) is 0 Å². The van der Waals surface area contributed by atoms with Crippen LogP contribution < -0.4 is 5.32 Å². The summed E-state index contributed by atoms with van der Waals surface area (Å²) in [6.45, 7) is 3.35. The van der Waals surface area contributed by atoms with Crippen LogP contribution in [0, 0.1) is 12.7 Å². The first-order valence-electron chi connectivity index (χ1n) is 10.7. The Hall–Kier alpha value is -4.00. The molecule has 0 radical (unpaired) electrons. The molecule has 33 heavy (non-hydrogen) atoms. The number of rotatable bonds is 6. The molecule has 1 aliphatic rings. The molecular weight excluding hydrogens is 421 g/mol. The highest BCUT2D eigenvalue weighted by molar-refractivity contribution is 6.35. The van der Waals surface area contributed by atoms with E-state index in [0.717, 1.165) is 11.1 Å². The normalized spacial score (nSPS) is 13.9. The Morgan fingerprint density at radius 3 is 2.00 bits per heavy atom. The molecule has 1 N–H and O–H groups in total. The summed E-state index contributed by atoms with van der Waals surface area (Å²) < 4.78 is 13.3. The van der Waals surface area contributed by atoms with Gasteiger partial charge in [-0.2, -0.15) is 0 Å². The number of benzene rings is 3. The molecule has 0 saturated carbocycles. The Kier molecular flexibility index (Phi) is 6.49. The number of nitrogens with zero attached hydrogens (tertiary/aromatic N) is 2. The molecule has 1 heterocycles. The minimum absolute atomic E-state index is 0.294. The predicted molar refractivity (Wildman–Crippen MR) is 123 cm³/mol. The van der Waals surface area contributed by atoms with Crippen molar-refractivity contribution in [3.05, 3.63) is 101 Å². The SMILES string of the molecule is Cc1cc(F)ccc1NC(=O)c1ccc(CN2CCN(Cc3ccccc3)C(=O)C2=O)cc1. The summed E-state index contributed by atoms with van der Waals surface area (Å²) in [5.41, 5.74) is 3.43. The topological polar surface area (TPSA) is 69.7 Å². The highest BCUT2D eigenvalue weighted by Crippen LogP contribution is 2.18. The lowest BCUT2D eigenvalue weighted by Gasteiger charge is -2.33. The molecule has 7 heteroatoms. The van der Waals surface area contributed by atoms with Gasteiger partial charge in [0.25, 0.3) is 5.91 Å². The van der Waals surface area contributed by atoms with Crippen molar-refractivity contribution in [3.63, 3.8) is 0 Å². The number of hydrogen-bond acceptors (Lipinski definition) is 3. The molecule has 0 spiro atoms. The van der Waals surface area contributed by atoms with E-state index in [2.05, 4.69) is 5.32 Å². The predicted octanol–water partition coefficient (Wildman–Crippen LogP) is 3.76. The third-order valence-electron chi connectivity index (χ3n) is 5.64. The first-order chi connectivity index (χ1) is 15.9. The second-order valence-electron chi connectivity index (χ2n) is 8.05. The Bertz CT molecular complexity index is 1180.